The summed E-state index contributed by atoms with van der Waals surface area (Å²) in [5.41, 5.74) is 7.14. The lowest BCUT2D eigenvalue weighted by Crippen LogP contribution is -2.17. The Kier molecular flexibility index (Phi) is 5.58. The molecule has 0 spiro atoms. The SMILES string of the molecule is O=C(N/N=C/c1ccc([N+](=O)[O-])cc1)c1ccc2c(c1)CN(c1ccc(Br)cc1)C2. The molecule has 4 rings (SSSR count). The minimum Gasteiger partial charge on any atom is -0.363 e. The van der Waals surface area contributed by atoms with Gasteiger partial charge in [-0.25, -0.2) is 5.43 Å². The van der Waals surface area contributed by atoms with E-state index in [1.165, 1.54) is 23.9 Å². The second-order valence-electron chi connectivity index (χ2n) is 6.86. The molecular weight excluding hydrogens is 448 g/mol. The van der Waals surface area contributed by atoms with Crippen molar-refractivity contribution in [1.82, 2.24) is 5.43 Å². The van der Waals surface area contributed by atoms with Crippen molar-refractivity contribution in [2.75, 3.05) is 4.90 Å². The third-order valence-corrected chi connectivity index (χ3v) is 5.39. The number of amides is 1. The molecule has 3 aromatic rings. The fraction of sp³-hybridized carbons (Fsp3) is 0.0909. The number of halogens is 1. The average molecular weight is 465 g/mol. The smallest absolute Gasteiger partial charge is 0.271 e. The maximum absolute atomic E-state index is 12.4. The highest BCUT2D eigenvalue weighted by atomic mass is 79.9. The number of hydrogen-bond acceptors (Lipinski definition) is 5. The number of benzene rings is 3. The largest absolute Gasteiger partial charge is 0.363 e. The summed E-state index contributed by atoms with van der Waals surface area (Å²) in [4.78, 5) is 24.9. The van der Waals surface area contributed by atoms with Gasteiger partial charge in [0.25, 0.3) is 11.6 Å². The van der Waals surface area contributed by atoms with E-state index in [-0.39, 0.29) is 11.6 Å². The molecule has 0 aliphatic carbocycles. The Hall–Kier alpha value is -3.52. The Bertz CT molecular complexity index is 1130. The first-order valence-electron chi connectivity index (χ1n) is 9.20. The van der Waals surface area contributed by atoms with Crippen molar-refractivity contribution in [3.05, 3.63) is 104 Å². The lowest BCUT2D eigenvalue weighted by molar-refractivity contribution is -0.384. The number of carbonyl (C=O) groups excluding carboxylic acids is 1. The van der Waals surface area contributed by atoms with Crippen LogP contribution >= 0.6 is 15.9 Å². The normalized spacial score (nSPS) is 12.8. The van der Waals surface area contributed by atoms with Crippen LogP contribution in [0.3, 0.4) is 0 Å². The van der Waals surface area contributed by atoms with Crippen LogP contribution in [-0.4, -0.2) is 17.0 Å². The number of nitro benzene ring substituents is 1. The number of anilines is 1. The molecule has 0 saturated carbocycles. The lowest BCUT2D eigenvalue weighted by Gasteiger charge is -2.17. The maximum atomic E-state index is 12.4. The molecule has 0 atom stereocenters. The van der Waals surface area contributed by atoms with Gasteiger partial charge in [0, 0.05) is 40.9 Å². The van der Waals surface area contributed by atoms with E-state index in [2.05, 4.69) is 43.5 Å². The number of hydrogen-bond donors (Lipinski definition) is 1. The molecule has 1 N–H and O–H groups in total. The second-order valence-corrected chi connectivity index (χ2v) is 7.78. The molecule has 0 bridgehead atoms. The van der Waals surface area contributed by atoms with Gasteiger partial charge >= 0.3 is 0 Å². The topological polar surface area (TPSA) is 87.8 Å². The van der Waals surface area contributed by atoms with E-state index >= 15 is 0 Å². The summed E-state index contributed by atoms with van der Waals surface area (Å²) < 4.78 is 1.04. The van der Waals surface area contributed by atoms with Crippen molar-refractivity contribution in [2.24, 2.45) is 5.10 Å². The monoisotopic (exact) mass is 464 g/mol. The molecule has 8 heteroatoms. The Morgan fingerprint density at radius 3 is 2.43 bits per heavy atom. The van der Waals surface area contributed by atoms with Gasteiger partial charge < -0.3 is 4.90 Å². The summed E-state index contributed by atoms with van der Waals surface area (Å²) in [6.07, 6.45) is 1.45. The summed E-state index contributed by atoms with van der Waals surface area (Å²) in [6.45, 7) is 1.54. The number of hydrazone groups is 1. The number of fused-ring (bicyclic) bond motifs is 1. The maximum Gasteiger partial charge on any atom is 0.271 e. The molecule has 30 heavy (non-hydrogen) atoms. The molecule has 0 unspecified atom stereocenters. The average Bonchev–Trinajstić information content (AvgIpc) is 3.18. The van der Waals surface area contributed by atoms with E-state index in [0.717, 1.165) is 28.8 Å². The summed E-state index contributed by atoms with van der Waals surface area (Å²) >= 11 is 3.45. The molecule has 0 saturated heterocycles. The number of nitro groups is 1. The molecule has 1 aliphatic heterocycles. The third-order valence-electron chi connectivity index (χ3n) is 4.87. The quantitative estimate of drug-likeness (QED) is 0.338. The van der Waals surface area contributed by atoms with Crippen LogP contribution in [0.25, 0.3) is 0 Å². The van der Waals surface area contributed by atoms with E-state index in [4.69, 9.17) is 0 Å². The predicted molar refractivity (Wildman–Crippen MR) is 119 cm³/mol. The highest BCUT2D eigenvalue weighted by Gasteiger charge is 2.20. The summed E-state index contributed by atoms with van der Waals surface area (Å²) in [7, 11) is 0. The van der Waals surface area contributed by atoms with Crippen LogP contribution in [0, 0.1) is 10.1 Å². The Morgan fingerprint density at radius 2 is 1.73 bits per heavy atom. The van der Waals surface area contributed by atoms with Gasteiger partial charge in [0.1, 0.15) is 0 Å². The summed E-state index contributed by atoms with van der Waals surface area (Å²) in [5, 5.41) is 14.6. The van der Waals surface area contributed by atoms with Gasteiger partial charge in [-0.1, -0.05) is 22.0 Å². The van der Waals surface area contributed by atoms with Crippen LogP contribution < -0.4 is 10.3 Å². The molecule has 0 fully saturated rings. The van der Waals surface area contributed by atoms with E-state index in [1.807, 2.05) is 24.3 Å². The molecule has 150 valence electrons. The Labute approximate surface area is 181 Å². The van der Waals surface area contributed by atoms with Crippen LogP contribution in [0.1, 0.15) is 27.0 Å². The molecule has 1 heterocycles. The molecule has 7 nitrogen and oxygen atoms in total. The zero-order valence-corrected chi connectivity index (χ0v) is 17.4. The van der Waals surface area contributed by atoms with Crippen molar-refractivity contribution in [2.45, 2.75) is 13.1 Å². The Morgan fingerprint density at radius 1 is 1.03 bits per heavy atom. The first kappa shape index (κ1) is 19.8. The molecule has 3 aromatic carbocycles. The van der Waals surface area contributed by atoms with Gasteiger partial charge in [0.05, 0.1) is 11.1 Å². The number of non-ortho nitro benzene ring substituents is 1. The fourth-order valence-corrected chi connectivity index (χ4v) is 3.55. The third kappa shape index (κ3) is 4.38. The number of rotatable bonds is 5. The highest BCUT2D eigenvalue weighted by molar-refractivity contribution is 9.10. The van der Waals surface area contributed by atoms with Crippen LogP contribution in [0.4, 0.5) is 11.4 Å². The van der Waals surface area contributed by atoms with Crippen molar-refractivity contribution in [1.29, 1.82) is 0 Å². The van der Waals surface area contributed by atoms with Gasteiger partial charge in [-0.2, -0.15) is 5.10 Å². The van der Waals surface area contributed by atoms with Crippen LogP contribution in [-0.2, 0) is 13.1 Å². The highest BCUT2D eigenvalue weighted by Crippen LogP contribution is 2.29. The molecular formula is C22H17BrN4O3. The molecule has 0 radical (unpaired) electrons. The van der Waals surface area contributed by atoms with Crippen LogP contribution in [0.15, 0.2) is 76.3 Å². The lowest BCUT2D eigenvalue weighted by atomic mass is 10.1. The van der Waals surface area contributed by atoms with E-state index in [0.29, 0.717) is 11.1 Å². The van der Waals surface area contributed by atoms with Crippen molar-refractivity contribution in [3.8, 4) is 0 Å². The number of carbonyl (C=O) groups is 1. The minimum absolute atomic E-state index is 0.00603. The summed E-state index contributed by atoms with van der Waals surface area (Å²) in [6, 6.07) is 19.7. The van der Waals surface area contributed by atoms with E-state index in [9.17, 15) is 14.9 Å². The second kappa shape index (κ2) is 8.46. The summed E-state index contributed by atoms with van der Waals surface area (Å²) in [5.74, 6) is -0.307. The van der Waals surface area contributed by atoms with Crippen LogP contribution in [0.5, 0.6) is 0 Å². The first-order valence-corrected chi connectivity index (χ1v) is 9.99. The van der Waals surface area contributed by atoms with Gasteiger partial charge in [-0.05, 0) is 65.2 Å². The van der Waals surface area contributed by atoms with Gasteiger partial charge in [-0.15, -0.1) is 0 Å². The number of nitrogens with one attached hydrogen (secondary N) is 1. The fourth-order valence-electron chi connectivity index (χ4n) is 3.28. The Balaban J connectivity index is 1.40. The zero-order chi connectivity index (χ0) is 21.1. The van der Waals surface area contributed by atoms with Crippen molar-refractivity contribution >= 4 is 39.4 Å². The molecule has 1 aliphatic rings. The predicted octanol–water partition coefficient (Wildman–Crippen LogP) is 4.64. The van der Waals surface area contributed by atoms with Crippen LogP contribution in [0.2, 0.25) is 0 Å². The molecule has 1 amide bonds. The van der Waals surface area contributed by atoms with E-state index in [1.54, 1.807) is 18.2 Å². The van der Waals surface area contributed by atoms with Crippen molar-refractivity contribution < 1.29 is 9.72 Å². The number of nitrogens with zero attached hydrogens (tertiary/aromatic N) is 3. The van der Waals surface area contributed by atoms with Gasteiger partial charge in [-0.3, -0.25) is 14.9 Å². The minimum atomic E-state index is -0.464. The first-order chi connectivity index (χ1) is 14.5. The zero-order valence-electron chi connectivity index (χ0n) is 15.8. The standard InChI is InChI=1S/C22H17BrN4O3/c23-19-5-9-20(10-6-19)26-13-17-4-3-16(11-18(17)14-26)22(28)25-24-12-15-1-7-21(8-2-15)27(29)30/h1-12H,13-14H2,(H,25,28)/b24-12+. The van der Waals surface area contributed by atoms with Crippen molar-refractivity contribution in [3.63, 3.8) is 0 Å². The van der Waals surface area contributed by atoms with E-state index < -0.39 is 4.92 Å². The molecule has 0 aromatic heterocycles. The van der Waals surface area contributed by atoms with Gasteiger partial charge in [0.2, 0.25) is 0 Å². The van der Waals surface area contributed by atoms with Gasteiger partial charge in [0.15, 0.2) is 0 Å².